The van der Waals surface area contributed by atoms with Gasteiger partial charge in [0.15, 0.2) is 0 Å². The molecule has 9 rings (SSSR count). The lowest BCUT2D eigenvalue weighted by Crippen LogP contribution is -2.30. The van der Waals surface area contributed by atoms with Crippen molar-refractivity contribution >= 4 is 56.7 Å². The van der Waals surface area contributed by atoms with Crippen molar-refractivity contribution < 1.29 is 4.42 Å². The maximum Gasteiger partial charge on any atom is 0.134 e. The van der Waals surface area contributed by atoms with Gasteiger partial charge in [0.05, 0.1) is 11.4 Å². The molecule has 256 valence electrons. The summed E-state index contributed by atoms with van der Waals surface area (Å²) in [6, 6.07) is 49.4. The molecule has 0 N–H and O–H groups in total. The summed E-state index contributed by atoms with van der Waals surface area (Å²) in [6.45, 7) is 11.7. The summed E-state index contributed by atoms with van der Waals surface area (Å²) in [4.78, 5) is 2.49. The molecule has 6 aromatic carbocycles. The monoisotopic (exact) mass is 787 g/mol. The van der Waals surface area contributed by atoms with E-state index in [0.29, 0.717) is 0 Å². The van der Waals surface area contributed by atoms with Crippen molar-refractivity contribution in [3.8, 4) is 22.3 Å². The van der Waals surface area contributed by atoms with Crippen LogP contribution in [0.1, 0.15) is 79.7 Å². The quantitative estimate of drug-likeness (QED) is 0.123. The van der Waals surface area contributed by atoms with Gasteiger partial charge in [0.25, 0.3) is 0 Å². The predicted molar refractivity (Wildman–Crippen MR) is 228 cm³/mol. The van der Waals surface area contributed by atoms with E-state index in [9.17, 15) is 0 Å². The number of para-hydroxylation sites is 2. The Kier molecular flexibility index (Phi) is 7.85. The summed E-state index contributed by atoms with van der Waals surface area (Å²) in [5.41, 5.74) is 17.4. The van der Waals surface area contributed by atoms with Crippen LogP contribution in [0.15, 0.2) is 144 Å². The highest BCUT2D eigenvalue weighted by Gasteiger charge is 2.39. The number of halogens is 1. The van der Waals surface area contributed by atoms with Crippen LogP contribution in [0.5, 0.6) is 0 Å². The number of fused-ring (bicyclic) bond motifs is 6. The minimum Gasteiger partial charge on any atom is -0.460 e. The summed E-state index contributed by atoms with van der Waals surface area (Å²) in [5.74, 6) is 1.14. The number of furan rings is 1. The average molecular weight is 788 g/mol. The smallest absolute Gasteiger partial charge is 0.134 e. The molecule has 2 heterocycles. The van der Waals surface area contributed by atoms with Gasteiger partial charge in [-0.25, -0.2) is 0 Å². The standard InChI is InChI=1S/C49H42INO/c1-31(47-39(15-12-28-50)38-14-7-11-19-46(38)52-47)32-20-22-33(23-21-32)34-24-27-45-43(29-34)49(4,5)41-17-9-10-18-44(41)51(45)35-25-26-37-36-13-6-8-16-40(36)48(2,3)42(37)30-35/h6-27,29-31H,28H2,1-5H3/b15-12-. The lowest BCUT2D eigenvalue weighted by atomic mass is 9.72. The normalized spacial score (nSPS) is 15.7. The van der Waals surface area contributed by atoms with Crippen molar-refractivity contribution in [1.29, 1.82) is 0 Å². The molecule has 0 bridgehead atoms. The molecule has 1 unspecified atom stereocenters. The van der Waals surface area contributed by atoms with Crippen molar-refractivity contribution in [2.75, 3.05) is 9.33 Å². The minimum absolute atomic E-state index is 0.0647. The number of anilines is 3. The minimum atomic E-state index is -0.178. The largest absolute Gasteiger partial charge is 0.460 e. The fraction of sp³-hybridized carbons (Fsp3) is 0.184. The van der Waals surface area contributed by atoms with E-state index in [4.69, 9.17) is 4.42 Å². The third-order valence-electron chi connectivity index (χ3n) is 11.7. The molecular weight excluding hydrogens is 745 g/mol. The van der Waals surface area contributed by atoms with E-state index in [1.54, 1.807) is 0 Å². The number of nitrogens with zero attached hydrogens (tertiary/aromatic N) is 1. The van der Waals surface area contributed by atoms with Crippen LogP contribution in [0.25, 0.3) is 39.3 Å². The highest BCUT2D eigenvalue weighted by molar-refractivity contribution is 14.1. The molecule has 0 spiro atoms. The molecule has 7 aromatic rings. The molecule has 0 fully saturated rings. The topological polar surface area (TPSA) is 16.4 Å². The van der Waals surface area contributed by atoms with Crippen LogP contribution in [0.3, 0.4) is 0 Å². The van der Waals surface area contributed by atoms with Crippen LogP contribution in [0.4, 0.5) is 17.1 Å². The Morgan fingerprint density at radius 3 is 2.10 bits per heavy atom. The van der Waals surface area contributed by atoms with Gasteiger partial charge in [0, 0.05) is 37.8 Å². The fourth-order valence-corrected chi connectivity index (χ4v) is 9.10. The summed E-state index contributed by atoms with van der Waals surface area (Å²) in [5, 5.41) is 1.17. The Hall–Kier alpha value is -4.87. The van der Waals surface area contributed by atoms with Crippen molar-refractivity contribution in [3.63, 3.8) is 0 Å². The number of benzene rings is 6. The van der Waals surface area contributed by atoms with Gasteiger partial charge in [0.2, 0.25) is 0 Å². The van der Waals surface area contributed by atoms with E-state index >= 15 is 0 Å². The molecule has 0 amide bonds. The van der Waals surface area contributed by atoms with Crippen LogP contribution in [0, 0.1) is 0 Å². The molecule has 0 radical (unpaired) electrons. The van der Waals surface area contributed by atoms with E-state index in [1.807, 2.05) is 6.07 Å². The summed E-state index contributed by atoms with van der Waals surface area (Å²) in [6.07, 6.45) is 4.43. The van der Waals surface area contributed by atoms with Crippen LogP contribution in [-0.4, -0.2) is 4.43 Å². The van der Waals surface area contributed by atoms with Crippen molar-refractivity contribution in [2.45, 2.75) is 51.4 Å². The van der Waals surface area contributed by atoms with Crippen molar-refractivity contribution in [1.82, 2.24) is 0 Å². The third kappa shape index (κ3) is 5.03. The fourth-order valence-electron chi connectivity index (χ4n) is 8.85. The molecule has 1 aliphatic carbocycles. The number of rotatable bonds is 6. The SMILES string of the molecule is CC(c1ccc(-c2ccc3c(c2)C(C)(C)c2ccccc2N3c2ccc3c(c2)C(C)(C)c2ccccc2-3)cc1)c1oc2ccccc2c1/C=C\CI. The van der Waals surface area contributed by atoms with Gasteiger partial charge in [-0.15, -0.1) is 0 Å². The van der Waals surface area contributed by atoms with E-state index < -0.39 is 0 Å². The highest BCUT2D eigenvalue weighted by atomic mass is 127. The maximum absolute atomic E-state index is 6.48. The van der Waals surface area contributed by atoms with E-state index in [-0.39, 0.29) is 16.7 Å². The van der Waals surface area contributed by atoms with Crippen LogP contribution in [-0.2, 0) is 10.8 Å². The van der Waals surface area contributed by atoms with Crippen LogP contribution < -0.4 is 4.90 Å². The first kappa shape index (κ1) is 33.0. The van der Waals surface area contributed by atoms with Gasteiger partial charge >= 0.3 is 0 Å². The summed E-state index contributed by atoms with van der Waals surface area (Å²) >= 11 is 2.39. The van der Waals surface area contributed by atoms with Gasteiger partial charge in [-0.1, -0.05) is 166 Å². The zero-order chi connectivity index (χ0) is 35.8. The molecule has 1 aliphatic heterocycles. The Labute approximate surface area is 321 Å². The number of hydrogen-bond acceptors (Lipinski definition) is 2. The molecule has 2 nitrogen and oxygen atoms in total. The molecule has 0 saturated heterocycles. The van der Waals surface area contributed by atoms with Gasteiger partial charge in [-0.2, -0.15) is 0 Å². The second-order valence-electron chi connectivity index (χ2n) is 15.4. The number of allylic oxidation sites excluding steroid dienone is 1. The Morgan fingerprint density at radius 2 is 1.29 bits per heavy atom. The Bertz CT molecular complexity index is 2530. The first-order chi connectivity index (χ1) is 25.2. The van der Waals surface area contributed by atoms with E-state index in [2.05, 4.69) is 202 Å². The predicted octanol–water partition coefficient (Wildman–Crippen LogP) is 14.1. The highest BCUT2D eigenvalue weighted by Crippen LogP contribution is 2.55. The molecule has 2 aliphatic rings. The van der Waals surface area contributed by atoms with Crippen LogP contribution in [0.2, 0.25) is 0 Å². The lowest BCUT2D eigenvalue weighted by Gasteiger charge is -2.42. The van der Waals surface area contributed by atoms with Gasteiger partial charge < -0.3 is 9.32 Å². The molecule has 1 aromatic heterocycles. The van der Waals surface area contributed by atoms with E-state index in [0.717, 1.165) is 15.8 Å². The van der Waals surface area contributed by atoms with Crippen molar-refractivity contribution in [2.24, 2.45) is 0 Å². The van der Waals surface area contributed by atoms with Gasteiger partial charge in [-0.3, -0.25) is 0 Å². The van der Waals surface area contributed by atoms with Crippen molar-refractivity contribution in [3.05, 3.63) is 179 Å². The first-order valence-electron chi connectivity index (χ1n) is 18.3. The van der Waals surface area contributed by atoms with Gasteiger partial charge in [-0.05, 0) is 86.5 Å². The Morgan fingerprint density at radius 1 is 0.635 bits per heavy atom. The Balaban J connectivity index is 1.10. The molecule has 52 heavy (non-hydrogen) atoms. The van der Waals surface area contributed by atoms with Crippen LogP contribution >= 0.6 is 22.6 Å². The third-order valence-corrected chi connectivity index (χ3v) is 12.2. The molecule has 0 saturated carbocycles. The second kappa shape index (κ2) is 12.4. The first-order valence-corrected chi connectivity index (χ1v) is 19.8. The second-order valence-corrected chi connectivity index (χ2v) is 16.3. The summed E-state index contributed by atoms with van der Waals surface area (Å²) < 4.78 is 7.44. The lowest BCUT2D eigenvalue weighted by molar-refractivity contribution is 0.531. The number of hydrogen-bond donors (Lipinski definition) is 0. The number of alkyl halides is 1. The average Bonchev–Trinajstić information content (AvgIpc) is 3.65. The zero-order valence-corrected chi connectivity index (χ0v) is 32.5. The molecule has 3 heteroatoms. The summed E-state index contributed by atoms with van der Waals surface area (Å²) in [7, 11) is 0. The van der Waals surface area contributed by atoms with Gasteiger partial charge in [0.1, 0.15) is 11.3 Å². The molecule has 1 atom stereocenters. The zero-order valence-electron chi connectivity index (χ0n) is 30.4. The van der Waals surface area contributed by atoms with E-state index in [1.165, 1.54) is 78.1 Å². The maximum atomic E-state index is 6.48. The molecular formula is C49H42INO.